The fourth-order valence-electron chi connectivity index (χ4n) is 3.01. The first-order chi connectivity index (χ1) is 14.2. The van der Waals surface area contributed by atoms with Gasteiger partial charge in [-0.3, -0.25) is 4.98 Å². The molecule has 2 aromatic rings. The summed E-state index contributed by atoms with van der Waals surface area (Å²) in [6.07, 6.45) is 6.13. The average molecular weight is 471 g/mol. The summed E-state index contributed by atoms with van der Waals surface area (Å²) in [6, 6.07) is 7.77. The second-order valence-corrected chi connectivity index (χ2v) is 8.21. The predicted molar refractivity (Wildman–Crippen MR) is 111 cm³/mol. The van der Waals surface area contributed by atoms with Crippen LogP contribution >= 0.6 is 27.7 Å². The maximum Gasteiger partial charge on any atom is 0.231 e. The minimum atomic E-state index is 0.228. The van der Waals surface area contributed by atoms with Crippen LogP contribution in [0.4, 0.5) is 5.82 Å². The Bertz CT molecular complexity index is 1150. The molecular weight excluding hydrogens is 456 g/mol. The number of imidazole rings is 1. The standard InChI is InChI=1S/C19H15BrN6O2S/c20-12-6-13-14(28-10-27-13)7-15(12)29-19-24-16-17(21)23-9-26(18(16)25-19)5-3-11-2-1-4-22-8-11/h1-2,4,6-9H,3,5,10,21H2. The van der Waals surface area contributed by atoms with Gasteiger partial charge >= 0.3 is 0 Å². The third-order valence-corrected chi connectivity index (χ3v) is 6.31. The van der Waals surface area contributed by atoms with E-state index in [4.69, 9.17) is 20.2 Å². The number of hydrogen-bond donors (Lipinski definition) is 1. The number of nitrogen functional groups attached to an aromatic ring is 1. The molecule has 2 N–H and O–H groups in total. The first-order valence-electron chi connectivity index (χ1n) is 8.81. The van der Waals surface area contributed by atoms with Crippen LogP contribution in [0, 0.1) is 0 Å². The summed E-state index contributed by atoms with van der Waals surface area (Å²) in [5.74, 6) is 2.50. The summed E-state index contributed by atoms with van der Waals surface area (Å²) in [5, 5.41) is 0.592. The fourth-order valence-corrected chi connectivity index (χ4v) is 4.37. The summed E-state index contributed by atoms with van der Waals surface area (Å²) in [6.45, 7) is 0.928. The van der Waals surface area contributed by atoms with Gasteiger partial charge < -0.3 is 19.8 Å². The fraction of sp³-hybridized carbons (Fsp3) is 0.158. The van der Waals surface area contributed by atoms with Crippen LogP contribution in [0.5, 0.6) is 11.5 Å². The van der Waals surface area contributed by atoms with Crippen LogP contribution in [0.1, 0.15) is 5.56 Å². The van der Waals surface area contributed by atoms with Gasteiger partial charge in [0, 0.05) is 28.3 Å². The monoisotopic (exact) mass is 470 g/mol. The van der Waals surface area contributed by atoms with Crippen LogP contribution in [0.3, 0.4) is 0 Å². The zero-order valence-corrected chi connectivity index (χ0v) is 17.5. The van der Waals surface area contributed by atoms with Gasteiger partial charge in [0.1, 0.15) is 0 Å². The van der Waals surface area contributed by atoms with Crippen LogP contribution < -0.4 is 15.2 Å². The summed E-state index contributed by atoms with van der Waals surface area (Å²) in [5.41, 5.74) is 7.79. The molecule has 3 aliphatic rings. The van der Waals surface area contributed by atoms with E-state index in [1.807, 2.05) is 35.0 Å². The number of halogens is 1. The molecule has 5 rings (SSSR count). The second-order valence-electron chi connectivity index (χ2n) is 6.35. The Morgan fingerprint density at radius 3 is 2.90 bits per heavy atom. The van der Waals surface area contributed by atoms with Crippen LogP contribution in [-0.2, 0) is 13.0 Å². The number of fused-ring (bicyclic) bond motifs is 2. The molecular formula is C19H15BrN6O2S. The van der Waals surface area contributed by atoms with Crippen LogP contribution in [0.15, 0.2) is 57.5 Å². The first kappa shape index (κ1) is 18.2. The third-order valence-electron chi connectivity index (χ3n) is 4.46. The Kier molecular flexibility index (Phi) is 4.72. The lowest BCUT2D eigenvalue weighted by Gasteiger charge is -2.10. The number of hydrogen-bond acceptors (Lipinski definition) is 8. The van der Waals surface area contributed by atoms with Crippen LogP contribution in [0.2, 0.25) is 0 Å². The van der Waals surface area contributed by atoms with Gasteiger partial charge in [0.2, 0.25) is 6.79 Å². The number of pyridine rings is 1. The van der Waals surface area contributed by atoms with Gasteiger partial charge in [0.15, 0.2) is 34.0 Å². The molecule has 0 aliphatic carbocycles. The number of benzene rings is 1. The lowest BCUT2D eigenvalue weighted by molar-refractivity contribution is 0.174. The number of nitrogens with two attached hydrogens (primary N) is 1. The van der Waals surface area contributed by atoms with E-state index in [1.54, 1.807) is 12.5 Å². The highest BCUT2D eigenvalue weighted by molar-refractivity contribution is 9.10. The number of aromatic nitrogens is 5. The number of ether oxygens (including phenoxy) is 2. The third kappa shape index (κ3) is 3.60. The molecule has 0 unspecified atom stereocenters. The molecule has 4 heterocycles. The molecule has 0 bridgehead atoms. The maximum absolute atomic E-state index is 6.05. The minimum absolute atomic E-state index is 0.228. The van der Waals surface area contributed by atoms with E-state index in [-0.39, 0.29) is 6.79 Å². The molecule has 0 atom stereocenters. The van der Waals surface area contributed by atoms with E-state index < -0.39 is 0 Å². The van der Waals surface area contributed by atoms with E-state index in [9.17, 15) is 0 Å². The van der Waals surface area contributed by atoms with Gasteiger partial charge in [0.25, 0.3) is 0 Å². The minimum Gasteiger partial charge on any atom is -0.454 e. The zero-order chi connectivity index (χ0) is 19.8. The van der Waals surface area contributed by atoms with Gasteiger partial charge in [-0.25, -0.2) is 15.0 Å². The second kappa shape index (κ2) is 7.53. The highest BCUT2D eigenvalue weighted by Crippen LogP contribution is 2.43. The quantitative estimate of drug-likeness (QED) is 0.471. The van der Waals surface area contributed by atoms with Crippen molar-refractivity contribution in [2.45, 2.75) is 23.0 Å². The Balaban J connectivity index is 1.44. The topological polar surface area (TPSA) is 101 Å². The van der Waals surface area contributed by atoms with Gasteiger partial charge in [-0.2, -0.15) is 0 Å². The van der Waals surface area contributed by atoms with Crippen molar-refractivity contribution in [1.82, 2.24) is 24.5 Å². The summed E-state index contributed by atoms with van der Waals surface area (Å²) in [4.78, 5) is 18.7. The van der Waals surface area contributed by atoms with Crippen molar-refractivity contribution in [3.63, 3.8) is 0 Å². The lowest BCUT2D eigenvalue weighted by atomic mass is 10.2. The molecule has 29 heavy (non-hydrogen) atoms. The number of aryl methyl sites for hydroxylation is 2. The largest absolute Gasteiger partial charge is 0.454 e. The van der Waals surface area contributed by atoms with E-state index in [1.165, 1.54) is 11.8 Å². The van der Waals surface area contributed by atoms with Crippen LogP contribution in [0.25, 0.3) is 11.5 Å². The van der Waals surface area contributed by atoms with Crippen molar-refractivity contribution in [2.24, 2.45) is 0 Å². The summed E-state index contributed by atoms with van der Waals surface area (Å²) >= 11 is 5.00. The molecule has 0 spiro atoms. The molecule has 146 valence electrons. The van der Waals surface area contributed by atoms with E-state index >= 15 is 0 Å². The normalized spacial score (nSPS) is 12.6. The van der Waals surface area contributed by atoms with Crippen molar-refractivity contribution >= 4 is 33.5 Å². The Morgan fingerprint density at radius 2 is 2.07 bits per heavy atom. The molecule has 3 aliphatic heterocycles. The van der Waals surface area contributed by atoms with Crippen molar-refractivity contribution in [3.05, 3.63) is 53.0 Å². The van der Waals surface area contributed by atoms with E-state index in [0.29, 0.717) is 34.8 Å². The highest BCUT2D eigenvalue weighted by Gasteiger charge is 2.22. The first-order valence-corrected chi connectivity index (χ1v) is 10.4. The predicted octanol–water partition coefficient (Wildman–Crippen LogP) is 3.64. The van der Waals surface area contributed by atoms with Gasteiger partial charge in [-0.05, 0) is 57.9 Å². The Hall–Kier alpha value is -2.85. The molecule has 0 radical (unpaired) electrons. The van der Waals surface area contributed by atoms with Crippen molar-refractivity contribution in [1.29, 1.82) is 0 Å². The number of anilines is 1. The molecule has 0 saturated carbocycles. The Labute approximate surface area is 179 Å². The number of nitrogens with zero attached hydrogens (tertiary/aromatic N) is 5. The van der Waals surface area contributed by atoms with Gasteiger partial charge in [-0.15, -0.1) is 0 Å². The van der Waals surface area contributed by atoms with Crippen molar-refractivity contribution < 1.29 is 9.47 Å². The number of rotatable bonds is 5. The molecule has 0 saturated heterocycles. The summed E-state index contributed by atoms with van der Waals surface area (Å²) in [7, 11) is 0. The van der Waals surface area contributed by atoms with Crippen LogP contribution in [-0.4, -0.2) is 31.3 Å². The van der Waals surface area contributed by atoms with Gasteiger partial charge in [-0.1, -0.05) is 6.07 Å². The summed E-state index contributed by atoms with van der Waals surface area (Å²) < 4.78 is 13.7. The van der Waals surface area contributed by atoms with Crippen molar-refractivity contribution in [2.75, 3.05) is 12.5 Å². The van der Waals surface area contributed by atoms with Crippen molar-refractivity contribution in [3.8, 4) is 23.0 Å². The molecule has 0 amide bonds. The molecule has 8 nitrogen and oxygen atoms in total. The van der Waals surface area contributed by atoms with Gasteiger partial charge in [0.05, 0.1) is 6.33 Å². The average Bonchev–Trinajstić information content (AvgIpc) is 3.36. The van der Waals surface area contributed by atoms with E-state index in [0.717, 1.165) is 27.1 Å². The lowest BCUT2D eigenvalue weighted by Crippen LogP contribution is -2.10. The highest BCUT2D eigenvalue weighted by atomic mass is 79.9. The molecule has 10 heteroatoms. The smallest absolute Gasteiger partial charge is 0.231 e. The van der Waals surface area contributed by atoms with E-state index in [2.05, 4.69) is 30.9 Å². The maximum atomic E-state index is 6.05. The molecule has 1 aromatic carbocycles. The molecule has 1 aromatic heterocycles. The molecule has 0 fully saturated rings. The zero-order valence-electron chi connectivity index (χ0n) is 15.1. The SMILES string of the molecule is Nc1ncn(CCc2cccnc2)c2nc(Sc3cc4c(cc3Br)OCO4)nc1-2. The Morgan fingerprint density at radius 1 is 1.21 bits per heavy atom.